The summed E-state index contributed by atoms with van der Waals surface area (Å²) in [5.74, 6) is 7.37. The Labute approximate surface area is 171 Å². The number of hydrogen-bond acceptors (Lipinski definition) is 4. The first-order valence-electron chi connectivity index (χ1n) is 8.54. The highest BCUT2D eigenvalue weighted by Crippen LogP contribution is 2.37. The average molecular weight is 406 g/mol. The number of aromatic nitrogens is 1. The Morgan fingerprint density at radius 3 is 2.56 bits per heavy atom. The number of likely N-dealkylation sites (tertiary alicyclic amines) is 1. The van der Waals surface area contributed by atoms with E-state index in [1.165, 1.54) is 12.8 Å². The van der Waals surface area contributed by atoms with Gasteiger partial charge in [-0.15, -0.1) is 24.8 Å². The Balaban J connectivity index is 0.00000131. The van der Waals surface area contributed by atoms with Crippen LogP contribution in [0.3, 0.4) is 0 Å². The third-order valence-electron chi connectivity index (χ3n) is 4.50. The van der Waals surface area contributed by atoms with E-state index in [4.69, 9.17) is 4.74 Å². The molecule has 7 heteroatoms. The molecule has 1 aromatic heterocycles. The molecule has 1 saturated heterocycles. The summed E-state index contributed by atoms with van der Waals surface area (Å²) in [6, 6.07) is 9.06. The molecule has 0 bridgehead atoms. The van der Waals surface area contributed by atoms with Crippen molar-refractivity contribution >= 4 is 36.4 Å². The summed E-state index contributed by atoms with van der Waals surface area (Å²) >= 11 is 0. The van der Waals surface area contributed by atoms with Crippen molar-refractivity contribution in [3.05, 3.63) is 48.3 Å². The number of pyridine rings is 1. The van der Waals surface area contributed by atoms with Gasteiger partial charge in [0.15, 0.2) is 5.75 Å². The standard InChI is InChI=1S/C20H19N3O2.2ClH/c24-20-16-7-1-2-8-18(16)25-19-15-21-10-9-17(19)23(20)14-6-5-13-22-11-3-4-12-22;;/h1-2,7-10,15H,3-4,11-14H2;2*1H. The van der Waals surface area contributed by atoms with Gasteiger partial charge in [-0.05, 0) is 44.1 Å². The fourth-order valence-electron chi connectivity index (χ4n) is 3.18. The lowest BCUT2D eigenvalue weighted by atomic mass is 10.1. The maximum absolute atomic E-state index is 13.0. The van der Waals surface area contributed by atoms with Crippen LogP contribution >= 0.6 is 24.8 Å². The van der Waals surface area contributed by atoms with Crippen LogP contribution < -0.4 is 9.64 Å². The summed E-state index contributed by atoms with van der Waals surface area (Å²) in [6.07, 6.45) is 5.80. The first-order valence-corrected chi connectivity index (χ1v) is 8.54. The van der Waals surface area contributed by atoms with Gasteiger partial charge in [0.25, 0.3) is 5.91 Å². The summed E-state index contributed by atoms with van der Waals surface area (Å²) in [5.41, 5.74) is 1.24. The third kappa shape index (κ3) is 4.54. The first kappa shape index (κ1) is 21.0. The molecular formula is C20H21Cl2N3O2. The molecule has 1 aromatic carbocycles. The number of amides is 1. The Bertz CT molecular complexity index is 858. The number of benzene rings is 1. The van der Waals surface area contributed by atoms with Crippen molar-refractivity contribution in [1.29, 1.82) is 0 Å². The molecule has 0 spiro atoms. The van der Waals surface area contributed by atoms with E-state index >= 15 is 0 Å². The number of fused-ring (bicyclic) bond motifs is 2. The summed E-state index contributed by atoms with van der Waals surface area (Å²) in [7, 11) is 0. The fourth-order valence-corrected chi connectivity index (χ4v) is 3.18. The number of para-hydroxylation sites is 1. The lowest BCUT2D eigenvalue weighted by Gasteiger charge is -2.19. The molecule has 1 amide bonds. The topological polar surface area (TPSA) is 45.7 Å². The quantitative estimate of drug-likeness (QED) is 0.713. The van der Waals surface area contributed by atoms with Gasteiger partial charge in [0, 0.05) is 6.20 Å². The second-order valence-corrected chi connectivity index (χ2v) is 6.17. The van der Waals surface area contributed by atoms with Crippen LogP contribution in [0.4, 0.5) is 5.69 Å². The Hall–Kier alpha value is -2.26. The van der Waals surface area contributed by atoms with E-state index in [0.29, 0.717) is 29.3 Å². The predicted molar refractivity (Wildman–Crippen MR) is 110 cm³/mol. The minimum absolute atomic E-state index is 0. The second kappa shape index (κ2) is 9.61. The molecule has 0 N–H and O–H groups in total. The van der Waals surface area contributed by atoms with Crippen molar-refractivity contribution in [2.75, 3.05) is 31.1 Å². The molecule has 0 unspecified atom stereocenters. The molecule has 0 saturated carbocycles. The van der Waals surface area contributed by atoms with Crippen molar-refractivity contribution in [3.63, 3.8) is 0 Å². The van der Waals surface area contributed by atoms with Crippen LogP contribution in [-0.2, 0) is 0 Å². The predicted octanol–water partition coefficient (Wildman–Crippen LogP) is 3.78. The van der Waals surface area contributed by atoms with E-state index < -0.39 is 0 Å². The van der Waals surface area contributed by atoms with Crippen molar-refractivity contribution in [2.24, 2.45) is 0 Å². The number of carbonyl (C=O) groups is 1. The average Bonchev–Trinajstić information content (AvgIpc) is 3.12. The van der Waals surface area contributed by atoms with Gasteiger partial charge in [0.1, 0.15) is 5.75 Å². The van der Waals surface area contributed by atoms with E-state index in [2.05, 4.69) is 21.7 Å². The van der Waals surface area contributed by atoms with Crippen LogP contribution in [0.25, 0.3) is 0 Å². The number of ether oxygens (including phenoxy) is 1. The molecule has 0 radical (unpaired) electrons. The molecule has 2 aromatic rings. The van der Waals surface area contributed by atoms with Gasteiger partial charge < -0.3 is 4.74 Å². The van der Waals surface area contributed by atoms with Gasteiger partial charge in [-0.25, -0.2) is 0 Å². The van der Waals surface area contributed by atoms with Crippen molar-refractivity contribution < 1.29 is 9.53 Å². The Kier molecular flexibility index (Phi) is 7.49. The zero-order valence-corrected chi connectivity index (χ0v) is 16.4. The highest BCUT2D eigenvalue weighted by Gasteiger charge is 2.27. The summed E-state index contributed by atoms with van der Waals surface area (Å²) in [5, 5.41) is 0. The minimum Gasteiger partial charge on any atom is -0.453 e. The zero-order valence-electron chi connectivity index (χ0n) is 14.8. The largest absolute Gasteiger partial charge is 0.453 e. The molecule has 142 valence electrons. The summed E-state index contributed by atoms with van der Waals surface area (Å²) < 4.78 is 5.91. The van der Waals surface area contributed by atoms with Crippen molar-refractivity contribution in [2.45, 2.75) is 12.8 Å². The highest BCUT2D eigenvalue weighted by molar-refractivity contribution is 6.09. The highest BCUT2D eigenvalue weighted by atomic mass is 35.5. The van der Waals surface area contributed by atoms with Gasteiger partial charge in [0.05, 0.1) is 30.5 Å². The first-order chi connectivity index (χ1) is 12.3. The molecular weight excluding hydrogens is 385 g/mol. The molecule has 27 heavy (non-hydrogen) atoms. The van der Waals surface area contributed by atoms with Crippen LogP contribution in [0, 0.1) is 11.8 Å². The van der Waals surface area contributed by atoms with Gasteiger partial charge in [0.2, 0.25) is 0 Å². The van der Waals surface area contributed by atoms with E-state index in [0.717, 1.165) is 19.6 Å². The van der Waals surface area contributed by atoms with Crippen LogP contribution in [0.15, 0.2) is 42.7 Å². The monoisotopic (exact) mass is 405 g/mol. The van der Waals surface area contributed by atoms with Crippen LogP contribution in [0.5, 0.6) is 11.5 Å². The normalized spacial score (nSPS) is 15.1. The SMILES string of the molecule is Cl.Cl.O=C1c2ccccc2Oc2cnccc2N1CC#CCN1CCCC1. The number of anilines is 1. The number of rotatable bonds is 2. The van der Waals surface area contributed by atoms with Crippen LogP contribution in [-0.4, -0.2) is 42.0 Å². The zero-order chi connectivity index (χ0) is 17.1. The van der Waals surface area contributed by atoms with Gasteiger partial charge >= 0.3 is 0 Å². The number of carbonyl (C=O) groups excluding carboxylic acids is 1. The molecule has 4 rings (SSSR count). The summed E-state index contributed by atoms with van der Waals surface area (Å²) in [6.45, 7) is 3.33. The van der Waals surface area contributed by atoms with E-state index in [1.807, 2.05) is 12.1 Å². The molecule has 3 heterocycles. The van der Waals surface area contributed by atoms with E-state index in [9.17, 15) is 4.79 Å². The van der Waals surface area contributed by atoms with Crippen LogP contribution in [0.2, 0.25) is 0 Å². The lowest BCUT2D eigenvalue weighted by molar-refractivity contribution is 0.0990. The summed E-state index contributed by atoms with van der Waals surface area (Å²) in [4.78, 5) is 21.1. The van der Waals surface area contributed by atoms with Gasteiger partial charge in [-0.2, -0.15) is 0 Å². The fraction of sp³-hybridized carbons (Fsp3) is 0.300. The molecule has 5 nitrogen and oxygen atoms in total. The van der Waals surface area contributed by atoms with Crippen LogP contribution in [0.1, 0.15) is 23.2 Å². The molecule has 0 atom stereocenters. The number of halogens is 2. The van der Waals surface area contributed by atoms with E-state index in [1.54, 1.807) is 35.5 Å². The number of hydrogen-bond donors (Lipinski definition) is 0. The second-order valence-electron chi connectivity index (χ2n) is 6.17. The molecule has 2 aliphatic heterocycles. The molecule has 2 aliphatic rings. The van der Waals surface area contributed by atoms with Gasteiger partial charge in [-0.1, -0.05) is 24.0 Å². The maximum atomic E-state index is 13.0. The molecule has 0 aliphatic carbocycles. The lowest BCUT2D eigenvalue weighted by Crippen LogP contribution is -2.30. The smallest absolute Gasteiger partial charge is 0.263 e. The molecule has 1 fully saturated rings. The van der Waals surface area contributed by atoms with Crippen molar-refractivity contribution in [1.82, 2.24) is 9.88 Å². The van der Waals surface area contributed by atoms with Crippen molar-refractivity contribution in [3.8, 4) is 23.3 Å². The third-order valence-corrected chi connectivity index (χ3v) is 4.50. The maximum Gasteiger partial charge on any atom is 0.263 e. The van der Waals surface area contributed by atoms with Gasteiger partial charge in [-0.3, -0.25) is 19.6 Å². The minimum atomic E-state index is -0.101. The Morgan fingerprint density at radius 2 is 1.74 bits per heavy atom. The van der Waals surface area contributed by atoms with E-state index in [-0.39, 0.29) is 30.7 Å². The Morgan fingerprint density at radius 1 is 1.00 bits per heavy atom. The number of nitrogens with zero attached hydrogens (tertiary/aromatic N) is 3.